The zero-order chi connectivity index (χ0) is 18.7. The van der Waals surface area contributed by atoms with Crippen LogP contribution in [0.4, 0.5) is 5.00 Å². The molecular weight excluding hydrogens is 348 g/mol. The zero-order valence-corrected chi connectivity index (χ0v) is 16.2. The number of nitrogens with one attached hydrogen (secondary N) is 1. The lowest BCUT2D eigenvalue weighted by Gasteiger charge is -2.21. The molecule has 5 nitrogen and oxygen atoms in total. The highest BCUT2D eigenvalue weighted by molar-refractivity contribution is 7.17. The number of carbonyl (C=O) groups is 2. The second-order valence-electron chi connectivity index (χ2n) is 6.87. The Labute approximate surface area is 157 Å². The van der Waals surface area contributed by atoms with Crippen LogP contribution in [-0.2, 0) is 17.6 Å². The van der Waals surface area contributed by atoms with Crippen LogP contribution in [0.3, 0.4) is 0 Å². The van der Waals surface area contributed by atoms with E-state index in [9.17, 15) is 9.59 Å². The standard InChI is InChI=1S/C20H24N2O3S/c1-4-13-5-6-15-16(11-13)26-19(17(15)20(24)25-12(2)3)22-18(23)14-7-9-21-10-8-14/h7-10,12-13H,4-6,11H2,1-3H3,(H,22,23)/t13-/m0/s1. The number of amides is 1. The van der Waals surface area contributed by atoms with E-state index in [2.05, 4.69) is 17.2 Å². The largest absolute Gasteiger partial charge is 0.459 e. The van der Waals surface area contributed by atoms with Crippen molar-refractivity contribution in [2.24, 2.45) is 5.92 Å². The fourth-order valence-electron chi connectivity index (χ4n) is 3.26. The Balaban J connectivity index is 1.94. The smallest absolute Gasteiger partial charge is 0.341 e. The summed E-state index contributed by atoms with van der Waals surface area (Å²) in [6.07, 6.45) is 6.97. The summed E-state index contributed by atoms with van der Waals surface area (Å²) < 4.78 is 5.45. The summed E-state index contributed by atoms with van der Waals surface area (Å²) in [5.74, 6) is 0.0491. The molecule has 26 heavy (non-hydrogen) atoms. The average molecular weight is 372 g/mol. The summed E-state index contributed by atoms with van der Waals surface area (Å²) in [6.45, 7) is 5.86. The maximum Gasteiger partial charge on any atom is 0.341 e. The van der Waals surface area contributed by atoms with Gasteiger partial charge in [-0.3, -0.25) is 9.78 Å². The number of esters is 1. The molecule has 1 atom stereocenters. The van der Waals surface area contributed by atoms with Crippen molar-refractivity contribution in [3.05, 3.63) is 46.1 Å². The average Bonchev–Trinajstić information content (AvgIpc) is 2.98. The van der Waals surface area contributed by atoms with Crippen molar-refractivity contribution < 1.29 is 14.3 Å². The van der Waals surface area contributed by atoms with Crippen LogP contribution in [0.2, 0.25) is 0 Å². The molecule has 2 aromatic rings. The number of aromatic nitrogens is 1. The van der Waals surface area contributed by atoms with E-state index >= 15 is 0 Å². The van der Waals surface area contributed by atoms with Gasteiger partial charge in [-0.05, 0) is 56.7 Å². The van der Waals surface area contributed by atoms with Gasteiger partial charge in [0.25, 0.3) is 5.91 Å². The number of carbonyl (C=O) groups excluding carboxylic acids is 2. The van der Waals surface area contributed by atoms with Crippen LogP contribution in [0.5, 0.6) is 0 Å². The van der Waals surface area contributed by atoms with Crippen molar-refractivity contribution in [2.75, 3.05) is 5.32 Å². The van der Waals surface area contributed by atoms with Crippen molar-refractivity contribution in [3.8, 4) is 0 Å². The molecule has 1 aliphatic carbocycles. The number of fused-ring (bicyclic) bond motifs is 1. The van der Waals surface area contributed by atoms with Crippen molar-refractivity contribution in [1.82, 2.24) is 4.98 Å². The highest BCUT2D eigenvalue weighted by Gasteiger charge is 2.30. The van der Waals surface area contributed by atoms with Crippen molar-refractivity contribution in [3.63, 3.8) is 0 Å². The van der Waals surface area contributed by atoms with Gasteiger partial charge in [0.05, 0.1) is 11.7 Å². The number of hydrogen-bond acceptors (Lipinski definition) is 5. The zero-order valence-electron chi connectivity index (χ0n) is 15.4. The minimum atomic E-state index is -0.350. The van der Waals surface area contributed by atoms with Gasteiger partial charge >= 0.3 is 5.97 Å². The number of thiophene rings is 1. The van der Waals surface area contributed by atoms with Crippen LogP contribution in [0.25, 0.3) is 0 Å². The predicted molar refractivity (Wildman–Crippen MR) is 103 cm³/mol. The molecule has 2 aromatic heterocycles. The van der Waals surface area contributed by atoms with Gasteiger partial charge < -0.3 is 10.1 Å². The number of anilines is 1. The highest BCUT2D eigenvalue weighted by atomic mass is 32.1. The van der Waals surface area contributed by atoms with E-state index in [1.54, 1.807) is 24.5 Å². The van der Waals surface area contributed by atoms with Crippen LogP contribution >= 0.6 is 11.3 Å². The molecule has 1 N–H and O–H groups in total. The molecule has 6 heteroatoms. The van der Waals surface area contributed by atoms with Crippen LogP contribution in [0, 0.1) is 5.92 Å². The number of nitrogens with zero attached hydrogens (tertiary/aromatic N) is 1. The summed E-state index contributed by atoms with van der Waals surface area (Å²) in [4.78, 5) is 30.4. The molecule has 138 valence electrons. The van der Waals surface area contributed by atoms with Gasteiger partial charge in [-0.15, -0.1) is 11.3 Å². The molecule has 0 fully saturated rings. The number of pyridine rings is 1. The Bertz CT molecular complexity index is 799. The molecule has 0 spiro atoms. The Kier molecular flexibility index (Phi) is 5.71. The van der Waals surface area contributed by atoms with Gasteiger partial charge in [0.2, 0.25) is 0 Å². The number of ether oxygens (including phenoxy) is 1. The molecule has 0 aromatic carbocycles. The van der Waals surface area contributed by atoms with Crippen LogP contribution in [0.1, 0.15) is 64.8 Å². The van der Waals surface area contributed by atoms with E-state index < -0.39 is 0 Å². The third-order valence-corrected chi connectivity index (χ3v) is 5.83. The van der Waals surface area contributed by atoms with Crippen molar-refractivity contribution in [1.29, 1.82) is 0 Å². The van der Waals surface area contributed by atoms with E-state index in [-0.39, 0.29) is 18.0 Å². The summed E-state index contributed by atoms with van der Waals surface area (Å²) in [5, 5.41) is 3.52. The second kappa shape index (κ2) is 7.99. The van der Waals surface area contributed by atoms with Gasteiger partial charge in [-0.1, -0.05) is 13.3 Å². The van der Waals surface area contributed by atoms with Crippen LogP contribution < -0.4 is 5.32 Å². The first kappa shape index (κ1) is 18.6. The Morgan fingerprint density at radius 3 is 2.73 bits per heavy atom. The summed E-state index contributed by atoms with van der Waals surface area (Å²) in [6, 6.07) is 3.31. The van der Waals surface area contributed by atoms with E-state index in [1.165, 1.54) is 16.2 Å². The third kappa shape index (κ3) is 3.96. The molecule has 3 rings (SSSR count). The molecule has 2 heterocycles. The van der Waals surface area contributed by atoms with Gasteiger partial charge in [0, 0.05) is 22.8 Å². The molecule has 0 radical (unpaired) electrons. The maximum atomic E-state index is 12.7. The summed E-state index contributed by atoms with van der Waals surface area (Å²) in [5.41, 5.74) is 2.10. The minimum Gasteiger partial charge on any atom is -0.459 e. The first-order chi connectivity index (χ1) is 12.5. The molecular formula is C20H24N2O3S. The lowest BCUT2D eigenvalue weighted by Crippen LogP contribution is -2.19. The summed E-state index contributed by atoms with van der Waals surface area (Å²) >= 11 is 1.51. The van der Waals surface area contributed by atoms with Crippen LogP contribution in [0.15, 0.2) is 24.5 Å². The first-order valence-electron chi connectivity index (χ1n) is 9.06. The lowest BCUT2D eigenvalue weighted by molar-refractivity contribution is 0.0378. The predicted octanol–water partition coefficient (Wildman–Crippen LogP) is 4.48. The van der Waals surface area contributed by atoms with Gasteiger partial charge in [-0.2, -0.15) is 0 Å². The van der Waals surface area contributed by atoms with Gasteiger partial charge in [0.1, 0.15) is 5.00 Å². The molecule has 0 saturated heterocycles. The molecule has 0 unspecified atom stereocenters. The van der Waals surface area contributed by atoms with Crippen molar-refractivity contribution >= 4 is 28.2 Å². The van der Waals surface area contributed by atoms with Gasteiger partial charge in [-0.25, -0.2) is 4.79 Å². The number of hydrogen-bond donors (Lipinski definition) is 1. The third-order valence-electron chi connectivity index (χ3n) is 4.66. The monoisotopic (exact) mass is 372 g/mol. The Morgan fingerprint density at radius 1 is 1.35 bits per heavy atom. The number of rotatable bonds is 5. The van der Waals surface area contributed by atoms with Crippen LogP contribution in [-0.4, -0.2) is 23.0 Å². The molecule has 0 saturated carbocycles. The van der Waals surface area contributed by atoms with E-state index in [1.807, 2.05) is 13.8 Å². The quantitative estimate of drug-likeness (QED) is 0.786. The van der Waals surface area contributed by atoms with Crippen molar-refractivity contribution in [2.45, 2.75) is 52.6 Å². The molecule has 1 amide bonds. The van der Waals surface area contributed by atoms with E-state index in [4.69, 9.17) is 4.74 Å². The Morgan fingerprint density at radius 2 is 2.08 bits per heavy atom. The molecule has 1 aliphatic rings. The lowest BCUT2D eigenvalue weighted by atomic mass is 9.85. The maximum absolute atomic E-state index is 12.7. The second-order valence-corrected chi connectivity index (χ2v) is 7.97. The fraction of sp³-hybridized carbons (Fsp3) is 0.450. The van der Waals surface area contributed by atoms with Gasteiger partial charge in [0.15, 0.2) is 0 Å². The normalized spacial score (nSPS) is 16.2. The Hall–Kier alpha value is -2.21. The topological polar surface area (TPSA) is 68.3 Å². The van der Waals surface area contributed by atoms with E-state index in [0.29, 0.717) is 22.0 Å². The highest BCUT2D eigenvalue weighted by Crippen LogP contribution is 2.41. The minimum absolute atomic E-state index is 0.200. The molecule has 0 aliphatic heterocycles. The van der Waals surface area contributed by atoms with E-state index in [0.717, 1.165) is 31.2 Å². The first-order valence-corrected chi connectivity index (χ1v) is 9.88. The summed E-state index contributed by atoms with van der Waals surface area (Å²) in [7, 11) is 0. The SMILES string of the molecule is CC[C@H]1CCc2c(sc(NC(=O)c3ccncc3)c2C(=O)OC(C)C)C1. The fourth-order valence-corrected chi connectivity index (χ4v) is 4.60. The molecule has 0 bridgehead atoms.